The van der Waals surface area contributed by atoms with Crippen LogP contribution in [-0.4, -0.2) is 42.3 Å². The molecule has 0 radical (unpaired) electrons. The third-order valence-corrected chi connectivity index (χ3v) is 6.43. The molecule has 0 spiro atoms. The predicted octanol–water partition coefficient (Wildman–Crippen LogP) is 5.13. The van der Waals surface area contributed by atoms with Crippen LogP contribution in [0.3, 0.4) is 0 Å². The molecule has 0 unspecified atom stereocenters. The quantitative estimate of drug-likeness (QED) is 0.241. The van der Waals surface area contributed by atoms with E-state index in [1.807, 2.05) is 31.2 Å². The molecule has 2 aromatic rings. The van der Waals surface area contributed by atoms with Gasteiger partial charge in [0.05, 0.1) is 22.2 Å². The van der Waals surface area contributed by atoms with E-state index in [2.05, 4.69) is 27.3 Å². The van der Waals surface area contributed by atoms with Gasteiger partial charge in [-0.2, -0.15) is 0 Å². The van der Waals surface area contributed by atoms with Crippen molar-refractivity contribution in [1.82, 2.24) is 4.90 Å². The third-order valence-electron chi connectivity index (χ3n) is 4.35. The monoisotopic (exact) mass is 587 g/mol. The van der Waals surface area contributed by atoms with Gasteiger partial charge in [0, 0.05) is 10.6 Å². The second-order valence-electron chi connectivity index (χ2n) is 6.49. The summed E-state index contributed by atoms with van der Waals surface area (Å²) in [5.41, 5.74) is 1.50. The van der Waals surface area contributed by atoms with Crippen molar-refractivity contribution in [2.24, 2.45) is 0 Å². The van der Waals surface area contributed by atoms with Crippen molar-refractivity contribution in [3.63, 3.8) is 0 Å². The molecule has 0 N–H and O–H groups in total. The van der Waals surface area contributed by atoms with Crippen molar-refractivity contribution < 1.29 is 28.6 Å². The van der Waals surface area contributed by atoms with Crippen LogP contribution in [0.15, 0.2) is 41.3 Å². The first kappa shape index (κ1) is 24.4. The first-order valence-corrected chi connectivity index (χ1v) is 11.8. The van der Waals surface area contributed by atoms with Gasteiger partial charge in [0.25, 0.3) is 11.1 Å². The topological polar surface area (TPSA) is 82.1 Å². The van der Waals surface area contributed by atoms with E-state index in [0.29, 0.717) is 28.7 Å². The van der Waals surface area contributed by atoms with Crippen molar-refractivity contribution in [1.29, 1.82) is 0 Å². The molecule has 0 atom stereocenters. The number of hydrogen-bond acceptors (Lipinski definition) is 7. The van der Waals surface area contributed by atoms with Crippen molar-refractivity contribution in [2.45, 2.75) is 13.5 Å². The maximum absolute atomic E-state index is 12.6. The Bertz CT molecular complexity index is 1090. The van der Waals surface area contributed by atoms with Gasteiger partial charge in [-0.1, -0.05) is 29.8 Å². The van der Waals surface area contributed by atoms with Gasteiger partial charge in [-0.3, -0.25) is 19.3 Å². The van der Waals surface area contributed by atoms with Gasteiger partial charge in [0.15, 0.2) is 11.5 Å². The lowest BCUT2D eigenvalue weighted by Crippen LogP contribution is -2.34. The van der Waals surface area contributed by atoms with Crippen LogP contribution >= 0.6 is 46.0 Å². The normalized spacial score (nSPS) is 14.8. The Morgan fingerprint density at radius 1 is 1.22 bits per heavy atom. The van der Waals surface area contributed by atoms with Crippen LogP contribution in [0.2, 0.25) is 5.02 Å². The molecule has 1 aliphatic heterocycles. The van der Waals surface area contributed by atoms with Crippen molar-refractivity contribution in [2.75, 3.05) is 20.3 Å². The van der Waals surface area contributed by atoms with E-state index < -0.39 is 23.7 Å². The van der Waals surface area contributed by atoms with E-state index in [1.54, 1.807) is 18.2 Å². The zero-order valence-electron chi connectivity index (χ0n) is 17.2. The molecule has 1 heterocycles. The SMILES string of the molecule is CCOc1cc(/C=C2\SC(=O)N(CC(=O)OC)C2=O)cc(I)c1OCc1ccccc1Cl. The Hall–Kier alpha value is -2.24. The van der Waals surface area contributed by atoms with Gasteiger partial charge in [0.1, 0.15) is 13.2 Å². The largest absolute Gasteiger partial charge is 0.490 e. The molecule has 168 valence electrons. The molecule has 0 bridgehead atoms. The summed E-state index contributed by atoms with van der Waals surface area (Å²) >= 11 is 9.11. The molecular formula is C22H19ClINO6S. The minimum atomic E-state index is -0.665. The van der Waals surface area contributed by atoms with Gasteiger partial charge in [-0.25, -0.2) is 0 Å². The van der Waals surface area contributed by atoms with E-state index in [4.69, 9.17) is 21.1 Å². The summed E-state index contributed by atoms with van der Waals surface area (Å²) in [5, 5.41) is 0.0887. The molecule has 3 rings (SSSR count). The number of esters is 1. The summed E-state index contributed by atoms with van der Waals surface area (Å²) in [4.78, 5) is 37.2. The highest BCUT2D eigenvalue weighted by Crippen LogP contribution is 2.38. The minimum absolute atomic E-state index is 0.210. The Morgan fingerprint density at radius 3 is 2.66 bits per heavy atom. The van der Waals surface area contributed by atoms with Gasteiger partial charge in [-0.15, -0.1) is 0 Å². The molecule has 1 aliphatic rings. The number of imide groups is 1. The number of hydrogen-bond donors (Lipinski definition) is 0. The van der Waals surface area contributed by atoms with Crippen LogP contribution in [0.4, 0.5) is 4.79 Å². The van der Waals surface area contributed by atoms with Crippen LogP contribution in [-0.2, 0) is 20.9 Å². The van der Waals surface area contributed by atoms with Crippen LogP contribution in [0.1, 0.15) is 18.1 Å². The van der Waals surface area contributed by atoms with E-state index in [0.717, 1.165) is 25.8 Å². The second kappa shape index (κ2) is 11.1. The zero-order chi connectivity index (χ0) is 23.3. The average Bonchev–Trinajstić information content (AvgIpc) is 3.01. The number of nitrogens with zero attached hydrogens (tertiary/aromatic N) is 1. The Kier molecular flexibility index (Phi) is 8.44. The van der Waals surface area contributed by atoms with Gasteiger partial charge in [0.2, 0.25) is 0 Å². The molecule has 2 amide bonds. The Balaban J connectivity index is 1.85. The number of halogens is 2. The van der Waals surface area contributed by atoms with Gasteiger partial charge >= 0.3 is 5.97 Å². The molecule has 2 aromatic carbocycles. The maximum atomic E-state index is 12.6. The van der Waals surface area contributed by atoms with Crippen molar-refractivity contribution in [3.8, 4) is 11.5 Å². The number of carbonyl (C=O) groups is 3. The average molecular weight is 588 g/mol. The van der Waals surface area contributed by atoms with E-state index in [9.17, 15) is 14.4 Å². The fourth-order valence-electron chi connectivity index (χ4n) is 2.82. The number of carbonyl (C=O) groups excluding carboxylic acids is 3. The van der Waals surface area contributed by atoms with Crippen LogP contribution in [0.25, 0.3) is 6.08 Å². The molecule has 1 fully saturated rings. The Morgan fingerprint density at radius 2 is 1.97 bits per heavy atom. The summed E-state index contributed by atoms with van der Waals surface area (Å²) in [6, 6.07) is 11.0. The number of ether oxygens (including phenoxy) is 3. The molecule has 1 saturated heterocycles. The lowest BCUT2D eigenvalue weighted by atomic mass is 10.1. The van der Waals surface area contributed by atoms with Crippen LogP contribution in [0, 0.1) is 3.57 Å². The van der Waals surface area contributed by atoms with Crippen molar-refractivity contribution in [3.05, 3.63) is 61.0 Å². The first-order chi connectivity index (χ1) is 15.3. The number of rotatable bonds is 8. The summed E-state index contributed by atoms with van der Waals surface area (Å²) in [5.74, 6) is -0.144. The fourth-order valence-corrected chi connectivity index (χ4v) is 4.63. The third kappa shape index (κ3) is 5.76. The molecule has 0 saturated carbocycles. The predicted molar refractivity (Wildman–Crippen MR) is 131 cm³/mol. The summed E-state index contributed by atoms with van der Waals surface area (Å²) in [7, 11) is 1.20. The summed E-state index contributed by atoms with van der Waals surface area (Å²) in [6.07, 6.45) is 1.59. The zero-order valence-corrected chi connectivity index (χ0v) is 21.0. The highest BCUT2D eigenvalue weighted by molar-refractivity contribution is 14.1. The standard InChI is InChI=1S/C22H19ClINO6S/c1-3-30-17-9-13(10-18-21(27)25(22(28)32-18)11-19(26)29-2)8-16(24)20(17)31-12-14-6-4-5-7-15(14)23/h4-10H,3,11-12H2,1-2H3/b18-10-. The van der Waals surface area contributed by atoms with Crippen LogP contribution < -0.4 is 9.47 Å². The molecule has 7 nitrogen and oxygen atoms in total. The molecule has 32 heavy (non-hydrogen) atoms. The van der Waals surface area contributed by atoms with Gasteiger partial charge < -0.3 is 14.2 Å². The minimum Gasteiger partial charge on any atom is -0.490 e. The van der Waals surface area contributed by atoms with E-state index in [-0.39, 0.29) is 11.5 Å². The summed E-state index contributed by atoms with van der Waals surface area (Å²) < 4.78 is 17.1. The highest BCUT2D eigenvalue weighted by atomic mass is 127. The Labute approximate surface area is 208 Å². The van der Waals surface area contributed by atoms with E-state index >= 15 is 0 Å². The lowest BCUT2D eigenvalue weighted by molar-refractivity contribution is -0.143. The first-order valence-electron chi connectivity index (χ1n) is 9.48. The van der Waals surface area contributed by atoms with Gasteiger partial charge in [-0.05, 0) is 71.1 Å². The number of methoxy groups -OCH3 is 1. The van der Waals surface area contributed by atoms with Crippen molar-refractivity contribution >= 4 is 69.1 Å². The summed E-state index contributed by atoms with van der Waals surface area (Å²) in [6.45, 7) is 2.11. The van der Waals surface area contributed by atoms with Crippen LogP contribution in [0.5, 0.6) is 11.5 Å². The molecule has 0 aromatic heterocycles. The highest BCUT2D eigenvalue weighted by Gasteiger charge is 2.36. The molecule has 10 heteroatoms. The second-order valence-corrected chi connectivity index (χ2v) is 9.05. The molecule has 0 aliphatic carbocycles. The fraction of sp³-hybridized carbons (Fsp3) is 0.227. The van der Waals surface area contributed by atoms with E-state index in [1.165, 1.54) is 7.11 Å². The lowest BCUT2D eigenvalue weighted by Gasteiger charge is -2.15. The number of thioether (sulfide) groups is 1. The maximum Gasteiger partial charge on any atom is 0.325 e. The number of benzene rings is 2. The number of amides is 2. The smallest absolute Gasteiger partial charge is 0.325 e. The molecular weight excluding hydrogens is 569 g/mol.